The van der Waals surface area contributed by atoms with E-state index in [0.29, 0.717) is 50.1 Å². The number of ether oxygens (including phenoxy) is 3. The van der Waals surface area contributed by atoms with Crippen molar-refractivity contribution in [1.29, 1.82) is 0 Å². The molecule has 214 valence electrons. The van der Waals surface area contributed by atoms with Crippen molar-refractivity contribution in [2.24, 2.45) is 0 Å². The summed E-state index contributed by atoms with van der Waals surface area (Å²) in [4.78, 5) is 0. The molecular formula is C33H27Cl3N2O4. The Hall–Kier alpha value is -3.44. The van der Waals surface area contributed by atoms with Crippen molar-refractivity contribution in [3.8, 4) is 28.8 Å². The second-order valence-electron chi connectivity index (χ2n) is 10.0. The average Bonchev–Trinajstić information content (AvgIpc) is 3.63. The molecule has 3 aromatic carbocycles. The van der Waals surface area contributed by atoms with Crippen molar-refractivity contribution in [1.82, 2.24) is 9.72 Å². The highest BCUT2D eigenvalue weighted by Gasteiger charge is 2.33. The number of rotatable bonds is 9. The standard InChI is InChI=1S/C33H27Cl3N2O4/c1-39-30(40-2)18-38-16-15-24-20(5-3-8-29(24)38)9-10-21-13-14-23(17-28(21)36)41-19-25-32(37-42-33(25)22-11-12-22)31-26(34)6-4-7-27(31)35/h3-8,13-17,22,30H,11-12,18-19H2,1-2H3. The van der Waals surface area contributed by atoms with E-state index in [1.807, 2.05) is 36.5 Å². The number of hydrogen-bond donors (Lipinski definition) is 0. The zero-order valence-corrected chi connectivity index (χ0v) is 25.3. The van der Waals surface area contributed by atoms with Gasteiger partial charge in [0.05, 0.1) is 27.2 Å². The second kappa shape index (κ2) is 12.4. The van der Waals surface area contributed by atoms with Crippen LogP contribution >= 0.6 is 34.8 Å². The number of aromatic nitrogens is 2. The van der Waals surface area contributed by atoms with Gasteiger partial charge in [-0.15, -0.1) is 0 Å². The van der Waals surface area contributed by atoms with Gasteiger partial charge in [0, 0.05) is 60.0 Å². The van der Waals surface area contributed by atoms with Gasteiger partial charge in [-0.1, -0.05) is 63.9 Å². The number of hydrogen-bond acceptors (Lipinski definition) is 5. The minimum Gasteiger partial charge on any atom is -0.489 e. The van der Waals surface area contributed by atoms with Crippen LogP contribution in [-0.2, 0) is 22.6 Å². The molecular weight excluding hydrogens is 595 g/mol. The Kier molecular flexibility index (Phi) is 8.48. The van der Waals surface area contributed by atoms with E-state index in [0.717, 1.165) is 40.6 Å². The lowest BCUT2D eigenvalue weighted by atomic mass is 10.0. The van der Waals surface area contributed by atoms with Crippen LogP contribution in [0, 0.1) is 11.8 Å². The first-order valence-corrected chi connectivity index (χ1v) is 14.6. The fraction of sp³-hybridized carbons (Fsp3) is 0.242. The quantitative estimate of drug-likeness (QED) is 0.122. The molecule has 1 aliphatic carbocycles. The highest BCUT2D eigenvalue weighted by molar-refractivity contribution is 6.39. The Labute approximate surface area is 259 Å². The lowest BCUT2D eigenvalue weighted by Gasteiger charge is -2.14. The van der Waals surface area contributed by atoms with Crippen molar-refractivity contribution in [3.05, 3.63) is 104 Å². The molecule has 0 atom stereocenters. The van der Waals surface area contributed by atoms with Gasteiger partial charge in [-0.3, -0.25) is 0 Å². The molecule has 1 fully saturated rings. The first-order chi connectivity index (χ1) is 20.5. The summed E-state index contributed by atoms with van der Waals surface area (Å²) >= 11 is 19.6. The summed E-state index contributed by atoms with van der Waals surface area (Å²) in [6, 6.07) is 18.9. The predicted molar refractivity (Wildman–Crippen MR) is 165 cm³/mol. The molecule has 2 heterocycles. The van der Waals surface area contributed by atoms with E-state index in [1.54, 1.807) is 38.5 Å². The first kappa shape index (κ1) is 28.7. The molecule has 2 aromatic heterocycles. The van der Waals surface area contributed by atoms with Crippen LogP contribution in [-0.4, -0.2) is 30.2 Å². The van der Waals surface area contributed by atoms with Gasteiger partial charge < -0.3 is 23.3 Å². The third-order valence-electron chi connectivity index (χ3n) is 7.31. The molecule has 0 unspecified atom stereocenters. The van der Waals surface area contributed by atoms with E-state index in [-0.39, 0.29) is 12.9 Å². The van der Waals surface area contributed by atoms with Gasteiger partial charge in [0.1, 0.15) is 23.8 Å². The summed E-state index contributed by atoms with van der Waals surface area (Å²) in [6.07, 6.45) is 3.78. The zero-order valence-electron chi connectivity index (χ0n) is 23.0. The normalized spacial score (nSPS) is 13.0. The molecule has 0 spiro atoms. The van der Waals surface area contributed by atoms with Crippen LogP contribution in [0.4, 0.5) is 0 Å². The van der Waals surface area contributed by atoms with Crippen LogP contribution in [0.2, 0.25) is 15.1 Å². The van der Waals surface area contributed by atoms with Gasteiger partial charge in [-0.05, 0) is 55.3 Å². The third-order valence-corrected chi connectivity index (χ3v) is 8.25. The predicted octanol–water partition coefficient (Wildman–Crippen LogP) is 8.73. The van der Waals surface area contributed by atoms with Gasteiger partial charge in [-0.2, -0.15) is 0 Å². The van der Waals surface area contributed by atoms with Crippen LogP contribution in [0.3, 0.4) is 0 Å². The van der Waals surface area contributed by atoms with Crippen LogP contribution in [0.25, 0.3) is 22.2 Å². The SMILES string of the molecule is COC(Cn1ccc2c(C#Cc3ccc(OCc4c(-c5c(Cl)cccc5Cl)noc4C4CC4)cc3Cl)cccc21)OC. The molecule has 0 N–H and O–H groups in total. The maximum atomic E-state index is 6.65. The maximum Gasteiger partial charge on any atom is 0.174 e. The fourth-order valence-corrected chi connectivity index (χ4v) is 5.72. The third kappa shape index (κ3) is 5.89. The van der Waals surface area contributed by atoms with Crippen LogP contribution in [0.1, 0.15) is 41.2 Å². The molecule has 5 aromatic rings. The van der Waals surface area contributed by atoms with Gasteiger partial charge in [0.2, 0.25) is 0 Å². The van der Waals surface area contributed by atoms with E-state index < -0.39 is 0 Å². The Morgan fingerprint density at radius 2 is 1.67 bits per heavy atom. The van der Waals surface area contributed by atoms with Gasteiger partial charge in [0.25, 0.3) is 0 Å². The molecule has 6 rings (SSSR count). The molecule has 9 heteroatoms. The lowest BCUT2D eigenvalue weighted by molar-refractivity contribution is -0.110. The van der Waals surface area contributed by atoms with Crippen molar-refractivity contribution < 1.29 is 18.7 Å². The summed E-state index contributed by atoms with van der Waals surface area (Å²) in [5, 5.41) is 6.88. The smallest absolute Gasteiger partial charge is 0.174 e. The van der Waals surface area contributed by atoms with Crippen LogP contribution in [0.5, 0.6) is 5.75 Å². The fourth-order valence-electron chi connectivity index (χ4n) is 4.92. The summed E-state index contributed by atoms with van der Waals surface area (Å²) in [5.41, 5.74) is 4.74. The highest BCUT2D eigenvalue weighted by Crippen LogP contribution is 2.46. The number of benzene rings is 3. The van der Waals surface area contributed by atoms with Gasteiger partial charge >= 0.3 is 0 Å². The maximum absolute atomic E-state index is 6.65. The van der Waals surface area contributed by atoms with E-state index >= 15 is 0 Å². The molecule has 0 radical (unpaired) electrons. The van der Waals surface area contributed by atoms with Gasteiger partial charge in [0.15, 0.2) is 6.29 Å². The Bertz CT molecular complexity index is 1790. The first-order valence-electron chi connectivity index (χ1n) is 13.5. The zero-order chi connectivity index (χ0) is 29.2. The Balaban J connectivity index is 1.22. The van der Waals surface area contributed by atoms with Crippen molar-refractivity contribution >= 4 is 45.7 Å². The molecule has 0 saturated heterocycles. The molecule has 42 heavy (non-hydrogen) atoms. The minimum absolute atomic E-state index is 0.236. The highest BCUT2D eigenvalue weighted by atomic mass is 35.5. The summed E-state index contributed by atoms with van der Waals surface area (Å²) < 4.78 is 24.7. The second-order valence-corrected chi connectivity index (χ2v) is 11.3. The number of halogens is 3. The Morgan fingerprint density at radius 3 is 2.38 bits per heavy atom. The molecule has 1 saturated carbocycles. The summed E-state index contributed by atoms with van der Waals surface area (Å²) in [6.45, 7) is 0.810. The topological polar surface area (TPSA) is 58.7 Å². The molecule has 0 aliphatic heterocycles. The van der Waals surface area contributed by atoms with Crippen molar-refractivity contribution in [3.63, 3.8) is 0 Å². The largest absolute Gasteiger partial charge is 0.489 e. The van der Waals surface area contributed by atoms with Gasteiger partial charge in [-0.25, -0.2) is 0 Å². The monoisotopic (exact) mass is 620 g/mol. The van der Waals surface area contributed by atoms with E-state index in [2.05, 4.69) is 27.6 Å². The van der Waals surface area contributed by atoms with Crippen molar-refractivity contribution in [2.45, 2.75) is 38.2 Å². The Morgan fingerprint density at radius 1 is 0.929 bits per heavy atom. The van der Waals surface area contributed by atoms with E-state index in [4.69, 9.17) is 53.5 Å². The average molecular weight is 622 g/mol. The van der Waals surface area contributed by atoms with E-state index in [1.165, 1.54) is 0 Å². The number of nitrogens with zero attached hydrogens (tertiary/aromatic N) is 2. The molecule has 0 bridgehead atoms. The van der Waals surface area contributed by atoms with Crippen molar-refractivity contribution in [2.75, 3.05) is 14.2 Å². The molecule has 6 nitrogen and oxygen atoms in total. The molecule has 0 amide bonds. The summed E-state index contributed by atoms with van der Waals surface area (Å²) in [5.74, 6) is 8.25. The number of methoxy groups -OCH3 is 2. The summed E-state index contributed by atoms with van der Waals surface area (Å²) in [7, 11) is 3.26. The van der Waals surface area contributed by atoms with Crippen LogP contribution < -0.4 is 4.74 Å². The van der Waals surface area contributed by atoms with E-state index in [9.17, 15) is 0 Å². The minimum atomic E-state index is -0.333. The molecule has 1 aliphatic rings. The lowest BCUT2D eigenvalue weighted by Crippen LogP contribution is -2.19. The van der Waals surface area contributed by atoms with Crippen LogP contribution in [0.15, 0.2) is 71.4 Å². The number of fused-ring (bicyclic) bond motifs is 1.